The van der Waals surface area contributed by atoms with Gasteiger partial charge in [0.2, 0.25) is 10.0 Å². The third kappa shape index (κ3) is 5.75. The second-order valence-corrected chi connectivity index (χ2v) is 6.72. The first-order chi connectivity index (χ1) is 6.73. The number of nitrogens with one attached hydrogen (secondary N) is 1. The van der Waals surface area contributed by atoms with Gasteiger partial charge >= 0.3 is 0 Å². The van der Waals surface area contributed by atoms with Gasteiger partial charge in [-0.1, -0.05) is 27.7 Å². The summed E-state index contributed by atoms with van der Waals surface area (Å²) < 4.78 is 25.6. The van der Waals surface area contributed by atoms with Crippen molar-refractivity contribution in [2.24, 2.45) is 5.41 Å². The molecule has 0 aromatic rings. The van der Waals surface area contributed by atoms with Gasteiger partial charge in [-0.25, -0.2) is 13.1 Å². The molecular weight excluding hydrogens is 212 g/mol. The SMILES string of the molecule is CCC(C#N)S(=O)(=O)NCCC(C)(C)C. The molecule has 0 saturated carbocycles. The van der Waals surface area contributed by atoms with E-state index in [0.717, 1.165) is 6.42 Å². The zero-order chi connectivity index (χ0) is 12.1. The third-order valence-electron chi connectivity index (χ3n) is 2.07. The number of nitriles is 1. The standard InChI is InChI=1S/C10H20N2O2S/c1-5-9(8-11)15(13,14)12-7-6-10(2,3)4/h9,12H,5-7H2,1-4H3. The molecule has 0 amide bonds. The molecule has 15 heavy (non-hydrogen) atoms. The van der Waals surface area contributed by atoms with Crippen molar-refractivity contribution in [1.29, 1.82) is 5.26 Å². The molecule has 5 heteroatoms. The first-order valence-corrected chi connectivity index (χ1v) is 6.65. The summed E-state index contributed by atoms with van der Waals surface area (Å²) >= 11 is 0. The summed E-state index contributed by atoms with van der Waals surface area (Å²) in [6.45, 7) is 8.22. The maximum Gasteiger partial charge on any atom is 0.227 e. The first kappa shape index (κ1) is 14.4. The summed E-state index contributed by atoms with van der Waals surface area (Å²) in [5.41, 5.74) is 0.0941. The molecule has 1 atom stereocenters. The van der Waals surface area contributed by atoms with Crippen molar-refractivity contribution in [2.75, 3.05) is 6.54 Å². The van der Waals surface area contributed by atoms with Crippen LogP contribution in [0.5, 0.6) is 0 Å². The average Bonchev–Trinajstić information content (AvgIpc) is 2.02. The topological polar surface area (TPSA) is 70.0 Å². The van der Waals surface area contributed by atoms with Gasteiger partial charge in [0, 0.05) is 6.54 Å². The summed E-state index contributed by atoms with van der Waals surface area (Å²) in [5.74, 6) is 0. The molecule has 0 rings (SSSR count). The minimum Gasteiger partial charge on any atom is -0.214 e. The molecule has 0 fully saturated rings. The van der Waals surface area contributed by atoms with Crippen LogP contribution in [-0.2, 0) is 10.0 Å². The largest absolute Gasteiger partial charge is 0.227 e. The van der Waals surface area contributed by atoms with Crippen LogP contribution < -0.4 is 4.72 Å². The van der Waals surface area contributed by atoms with Gasteiger partial charge in [0.1, 0.15) is 0 Å². The van der Waals surface area contributed by atoms with E-state index >= 15 is 0 Å². The van der Waals surface area contributed by atoms with Gasteiger partial charge in [0.15, 0.2) is 5.25 Å². The Morgan fingerprint density at radius 1 is 1.40 bits per heavy atom. The van der Waals surface area contributed by atoms with E-state index < -0.39 is 15.3 Å². The molecule has 0 heterocycles. The van der Waals surface area contributed by atoms with E-state index in [1.807, 2.05) is 20.8 Å². The fraction of sp³-hybridized carbons (Fsp3) is 0.900. The Bertz CT molecular complexity index is 322. The highest BCUT2D eigenvalue weighted by molar-refractivity contribution is 7.90. The molecule has 0 aromatic carbocycles. The Labute approximate surface area is 92.7 Å². The Hall–Kier alpha value is -0.600. The predicted molar refractivity (Wildman–Crippen MR) is 60.7 cm³/mol. The number of hydrogen-bond acceptors (Lipinski definition) is 3. The number of rotatable bonds is 5. The normalized spacial score (nSPS) is 14.6. The van der Waals surface area contributed by atoms with Crippen molar-refractivity contribution in [3.63, 3.8) is 0 Å². The van der Waals surface area contributed by atoms with E-state index in [9.17, 15) is 8.42 Å². The minimum atomic E-state index is -3.46. The minimum absolute atomic E-state index is 0.0941. The number of sulfonamides is 1. The lowest BCUT2D eigenvalue weighted by atomic mass is 9.93. The lowest BCUT2D eigenvalue weighted by molar-refractivity contribution is 0.378. The van der Waals surface area contributed by atoms with Crippen LogP contribution in [0.15, 0.2) is 0 Å². The highest BCUT2D eigenvalue weighted by Gasteiger charge is 2.23. The van der Waals surface area contributed by atoms with Crippen LogP contribution in [-0.4, -0.2) is 20.2 Å². The van der Waals surface area contributed by atoms with Gasteiger partial charge in [0.05, 0.1) is 6.07 Å². The number of hydrogen-bond donors (Lipinski definition) is 1. The first-order valence-electron chi connectivity index (χ1n) is 5.11. The van der Waals surface area contributed by atoms with Crippen LogP contribution in [0.25, 0.3) is 0 Å². The molecule has 0 aromatic heterocycles. The van der Waals surface area contributed by atoms with E-state index in [0.29, 0.717) is 13.0 Å². The summed E-state index contributed by atoms with van der Waals surface area (Å²) in [4.78, 5) is 0. The predicted octanol–water partition coefficient (Wildman–Crippen LogP) is 1.64. The van der Waals surface area contributed by atoms with Crippen molar-refractivity contribution < 1.29 is 8.42 Å². The zero-order valence-corrected chi connectivity index (χ0v) is 10.7. The molecule has 1 unspecified atom stereocenters. The molecule has 0 aliphatic heterocycles. The monoisotopic (exact) mass is 232 g/mol. The van der Waals surface area contributed by atoms with E-state index in [1.54, 1.807) is 13.0 Å². The van der Waals surface area contributed by atoms with Crippen LogP contribution in [0.4, 0.5) is 0 Å². The van der Waals surface area contributed by atoms with Crippen molar-refractivity contribution in [3.8, 4) is 6.07 Å². The highest BCUT2D eigenvalue weighted by Crippen LogP contribution is 2.17. The van der Waals surface area contributed by atoms with E-state index in [2.05, 4.69) is 4.72 Å². The summed E-state index contributed by atoms with van der Waals surface area (Å²) in [7, 11) is -3.46. The van der Waals surface area contributed by atoms with Gasteiger partial charge in [-0.05, 0) is 18.3 Å². The van der Waals surface area contributed by atoms with Crippen LogP contribution in [0.1, 0.15) is 40.5 Å². The average molecular weight is 232 g/mol. The van der Waals surface area contributed by atoms with Crippen LogP contribution in [0, 0.1) is 16.7 Å². The van der Waals surface area contributed by atoms with E-state index in [1.165, 1.54) is 0 Å². The van der Waals surface area contributed by atoms with Crippen molar-refractivity contribution >= 4 is 10.0 Å². The van der Waals surface area contributed by atoms with Crippen LogP contribution >= 0.6 is 0 Å². The summed E-state index contributed by atoms with van der Waals surface area (Å²) in [6.07, 6.45) is 1.08. The van der Waals surface area contributed by atoms with Gasteiger partial charge in [0.25, 0.3) is 0 Å². The maximum absolute atomic E-state index is 11.5. The van der Waals surface area contributed by atoms with Gasteiger partial charge < -0.3 is 0 Å². The van der Waals surface area contributed by atoms with Gasteiger partial charge in [-0.3, -0.25) is 0 Å². The van der Waals surface area contributed by atoms with Gasteiger partial charge in [-0.15, -0.1) is 0 Å². The smallest absolute Gasteiger partial charge is 0.214 e. The summed E-state index contributed by atoms with van der Waals surface area (Å²) in [6, 6.07) is 1.79. The lowest BCUT2D eigenvalue weighted by Gasteiger charge is -2.18. The van der Waals surface area contributed by atoms with E-state index in [-0.39, 0.29) is 5.41 Å². The van der Waals surface area contributed by atoms with Crippen LogP contribution in [0.3, 0.4) is 0 Å². The molecular formula is C10H20N2O2S. The second kappa shape index (κ2) is 5.47. The molecule has 0 saturated heterocycles. The quantitative estimate of drug-likeness (QED) is 0.783. The third-order valence-corrected chi connectivity index (χ3v) is 3.86. The zero-order valence-electron chi connectivity index (χ0n) is 9.87. The van der Waals surface area contributed by atoms with Gasteiger partial charge in [-0.2, -0.15) is 5.26 Å². The second-order valence-electron chi connectivity index (χ2n) is 4.78. The Morgan fingerprint density at radius 2 is 1.93 bits per heavy atom. The summed E-state index contributed by atoms with van der Waals surface area (Å²) in [5, 5.41) is 7.72. The molecule has 0 aliphatic carbocycles. The molecule has 0 aliphatic rings. The molecule has 0 bridgehead atoms. The highest BCUT2D eigenvalue weighted by atomic mass is 32.2. The Morgan fingerprint density at radius 3 is 2.27 bits per heavy atom. The molecule has 1 N–H and O–H groups in total. The van der Waals surface area contributed by atoms with Crippen molar-refractivity contribution in [2.45, 2.75) is 45.8 Å². The fourth-order valence-electron chi connectivity index (χ4n) is 1.05. The Kier molecular flexibility index (Phi) is 5.26. The maximum atomic E-state index is 11.5. The Balaban J connectivity index is 4.24. The number of nitrogens with zero attached hydrogens (tertiary/aromatic N) is 1. The fourth-order valence-corrected chi connectivity index (χ4v) is 2.21. The lowest BCUT2D eigenvalue weighted by Crippen LogP contribution is -2.34. The molecule has 0 radical (unpaired) electrons. The van der Waals surface area contributed by atoms with Crippen molar-refractivity contribution in [3.05, 3.63) is 0 Å². The van der Waals surface area contributed by atoms with Crippen molar-refractivity contribution in [1.82, 2.24) is 4.72 Å². The molecule has 0 spiro atoms. The van der Waals surface area contributed by atoms with Crippen LogP contribution in [0.2, 0.25) is 0 Å². The molecule has 4 nitrogen and oxygen atoms in total. The van der Waals surface area contributed by atoms with E-state index in [4.69, 9.17) is 5.26 Å². The molecule has 88 valence electrons.